The van der Waals surface area contributed by atoms with Crippen LogP contribution in [0.2, 0.25) is 0 Å². The van der Waals surface area contributed by atoms with Crippen molar-refractivity contribution in [3.8, 4) is 11.1 Å². The maximum absolute atomic E-state index is 12.6. The van der Waals surface area contributed by atoms with Gasteiger partial charge in [0.25, 0.3) is 0 Å². The molecule has 0 N–H and O–H groups in total. The number of carbonyl (C=O) groups is 1. The number of sulfone groups is 1. The van der Waals surface area contributed by atoms with E-state index < -0.39 is 9.84 Å². The maximum Gasteiger partial charge on any atom is 0.206 e. The van der Waals surface area contributed by atoms with Gasteiger partial charge in [-0.1, -0.05) is 269 Å². The first-order chi connectivity index (χ1) is 54.4. The summed E-state index contributed by atoms with van der Waals surface area (Å²) in [6.07, 6.45) is 0. The van der Waals surface area contributed by atoms with Gasteiger partial charge in [0.1, 0.15) is 0 Å². The second kappa shape index (κ2) is 36.9. The normalized spacial score (nSPS) is 11.5. The van der Waals surface area contributed by atoms with Gasteiger partial charge in [0.15, 0.2) is 5.78 Å². The molecular weight excluding hydrogens is 1410 g/mol. The fourth-order valence-electron chi connectivity index (χ4n) is 15.0. The predicted molar refractivity (Wildman–Crippen MR) is 495 cm³/mol. The van der Waals surface area contributed by atoms with E-state index in [1.54, 1.807) is 24.3 Å². The van der Waals surface area contributed by atoms with Crippen LogP contribution in [0, 0.1) is 173 Å². The van der Waals surface area contributed by atoms with Gasteiger partial charge in [-0.2, -0.15) is 0 Å². The average molecular weight is 1530 g/mol. The lowest BCUT2D eigenvalue weighted by atomic mass is 9.67. The molecule has 1 aliphatic rings. The third-order valence-electron chi connectivity index (χ3n) is 23.3. The highest BCUT2D eigenvalue weighted by atomic mass is 32.2. The summed E-state index contributed by atoms with van der Waals surface area (Å²) in [5.74, 6) is 0.0983. The van der Waals surface area contributed by atoms with Crippen molar-refractivity contribution in [2.24, 2.45) is 0 Å². The zero-order chi connectivity index (χ0) is 83.7. The summed E-state index contributed by atoms with van der Waals surface area (Å²) < 4.78 is 25.1. The lowest BCUT2D eigenvalue weighted by Crippen LogP contribution is -2.28. The highest BCUT2D eigenvalue weighted by Gasteiger charge is 2.46. The summed E-state index contributed by atoms with van der Waals surface area (Å²) in [6.45, 7) is 52.7. The Morgan fingerprint density at radius 2 is 0.487 bits per heavy atom. The van der Waals surface area contributed by atoms with Gasteiger partial charge in [0.2, 0.25) is 9.84 Å². The first kappa shape index (κ1) is 86.1. The van der Waals surface area contributed by atoms with Crippen LogP contribution in [0.3, 0.4) is 0 Å². The first-order valence-electron chi connectivity index (χ1n) is 40.3. The predicted octanol–water partition coefficient (Wildman–Crippen LogP) is 29.4. The van der Waals surface area contributed by atoms with Gasteiger partial charge in [-0.05, 0) is 370 Å². The van der Waals surface area contributed by atoms with E-state index in [1.807, 2.05) is 90.1 Å². The monoisotopic (exact) mass is 1530 g/mol. The van der Waals surface area contributed by atoms with Crippen molar-refractivity contribution >= 4 is 47.9 Å². The molecule has 0 unspecified atom stereocenters. The number of hydrogen-bond donors (Lipinski definition) is 0. The Balaban J connectivity index is 0.000000146. The average Bonchev–Trinajstić information content (AvgIpc) is 1.53. The SMILES string of the molecule is Cc1cc(C)c2cc(C)ccc2c1.Cc1cc2cc(C)c(C)cc2cc1C.Cc1ccc(C(=O)c2ccc(C)c(C)c2)cc1C.Cc1ccc(C)c(C)c1.Cc1ccc(C2(c3ccc(C)cc3)c3cc(C)ccc3-c3ccc(C)cc32)cc1.Cc1ccc(S(=O)(=O)c2ccc(C)c(C)c2)cc1C.Cc1ccc2cc(C)c(C)cc2c1. The van der Waals surface area contributed by atoms with Gasteiger partial charge < -0.3 is 0 Å². The minimum atomic E-state index is -3.42. The molecule has 4 heteroatoms. The second-order valence-electron chi connectivity index (χ2n) is 32.9. The maximum atomic E-state index is 12.6. The van der Waals surface area contributed by atoms with Crippen molar-refractivity contribution in [2.45, 2.75) is 188 Å². The van der Waals surface area contributed by atoms with Crippen LogP contribution in [0.4, 0.5) is 0 Å². The highest BCUT2D eigenvalue weighted by molar-refractivity contribution is 7.91. The molecule has 115 heavy (non-hydrogen) atoms. The van der Waals surface area contributed by atoms with Gasteiger partial charge >= 0.3 is 0 Å². The van der Waals surface area contributed by atoms with Crippen molar-refractivity contribution in [3.63, 3.8) is 0 Å². The molecule has 0 atom stereocenters. The summed E-state index contributed by atoms with van der Waals surface area (Å²) in [4.78, 5) is 13.1. The van der Waals surface area contributed by atoms with Crippen LogP contribution in [0.5, 0.6) is 0 Å². The number of hydrogen-bond acceptors (Lipinski definition) is 3. The number of carbonyl (C=O) groups excluding carboxylic acids is 1. The molecule has 3 nitrogen and oxygen atoms in total. The standard InChI is InChI=1S/C29H26.C17H18O.C16H18O2S.C14H16.2C13H14.C9H12/c1-19-5-11-23(12-6-19)29(24-13-7-20(2)8-14-24)27-17-21(3)9-15-25(27)26-16-10-22(4)18-28(26)29;1-11-5-7-15(9-13(11)3)17(18)16-8-6-12(2)14(4)10-16;1-11-5-7-15(9-13(11)3)19(17,18)16-8-6-12(2)14(4)10-16;1-9-5-13-7-11(3)12(4)8-14(13)6-10(9)2;1-9-4-5-12-7-10(2)6-11(3)13(12)8-9;1-9-4-5-12-7-10(2)11(3)8-13(12)6-9;1-7-4-5-8(2)9(3)6-7/h5-18H,1-4H3;5-10H,1-4H3;5-10H,1-4H3;5-8H,1-4H3;2*4-8H,1-3H3;4-6H,1-3H3. The lowest BCUT2D eigenvalue weighted by molar-refractivity contribution is 0.103. The molecule has 0 aliphatic heterocycles. The summed E-state index contributed by atoms with van der Waals surface area (Å²) >= 11 is 0. The fourth-order valence-corrected chi connectivity index (χ4v) is 16.4. The Hall–Kier alpha value is -11.3. The molecule has 586 valence electrons. The van der Waals surface area contributed by atoms with E-state index in [1.165, 1.54) is 171 Å². The molecule has 0 spiro atoms. The molecule has 15 aromatic rings. The van der Waals surface area contributed by atoms with E-state index in [2.05, 4.69) is 320 Å². The lowest BCUT2D eigenvalue weighted by Gasteiger charge is -2.34. The van der Waals surface area contributed by atoms with E-state index in [0.29, 0.717) is 9.79 Å². The van der Waals surface area contributed by atoms with Crippen molar-refractivity contribution in [2.75, 3.05) is 0 Å². The molecular formula is C111H118O3S. The molecule has 0 radical (unpaired) electrons. The van der Waals surface area contributed by atoms with Gasteiger partial charge in [0.05, 0.1) is 15.2 Å². The third kappa shape index (κ3) is 20.4. The second-order valence-corrected chi connectivity index (χ2v) is 34.9. The number of benzene rings is 15. The molecule has 0 saturated carbocycles. The van der Waals surface area contributed by atoms with Crippen LogP contribution in [-0.4, -0.2) is 14.2 Å². The third-order valence-corrected chi connectivity index (χ3v) is 25.1. The molecule has 0 aromatic heterocycles. The molecule has 0 saturated heterocycles. The largest absolute Gasteiger partial charge is 0.289 e. The molecule has 0 bridgehead atoms. The molecule has 15 aromatic carbocycles. The van der Waals surface area contributed by atoms with Crippen LogP contribution < -0.4 is 0 Å². The van der Waals surface area contributed by atoms with Crippen molar-refractivity contribution < 1.29 is 13.2 Å². The Labute approximate surface area is 689 Å². The van der Waals surface area contributed by atoms with Gasteiger partial charge in [-0.15, -0.1) is 0 Å². The van der Waals surface area contributed by atoms with Crippen LogP contribution in [0.15, 0.2) is 271 Å². The van der Waals surface area contributed by atoms with Crippen LogP contribution >= 0.6 is 0 Å². The first-order valence-corrected chi connectivity index (χ1v) is 41.8. The van der Waals surface area contributed by atoms with E-state index >= 15 is 0 Å². The Morgan fingerprint density at radius 1 is 0.209 bits per heavy atom. The Bertz CT molecular complexity index is 5920. The summed E-state index contributed by atoms with van der Waals surface area (Å²) in [7, 11) is -3.42. The summed E-state index contributed by atoms with van der Waals surface area (Å²) in [5.41, 5.74) is 41.2. The van der Waals surface area contributed by atoms with Crippen LogP contribution in [0.25, 0.3) is 43.4 Å². The molecule has 16 rings (SSSR count). The Morgan fingerprint density at radius 3 is 0.870 bits per heavy atom. The minimum Gasteiger partial charge on any atom is -0.289 e. The number of rotatable bonds is 6. The molecule has 1 aliphatic carbocycles. The number of ketones is 1. The van der Waals surface area contributed by atoms with Crippen molar-refractivity contribution in [3.05, 3.63) is 433 Å². The van der Waals surface area contributed by atoms with Crippen molar-refractivity contribution in [1.29, 1.82) is 0 Å². The van der Waals surface area contributed by atoms with Gasteiger partial charge in [-0.3, -0.25) is 4.79 Å². The fraction of sp³-hybridized carbons (Fsp3) is 0.234. The van der Waals surface area contributed by atoms with E-state index in [4.69, 9.17) is 0 Å². The minimum absolute atomic E-state index is 0.0983. The quantitative estimate of drug-likeness (QED) is 0.156. The van der Waals surface area contributed by atoms with Gasteiger partial charge in [-0.25, -0.2) is 8.42 Å². The van der Waals surface area contributed by atoms with Crippen molar-refractivity contribution in [1.82, 2.24) is 0 Å². The Kier molecular flexibility index (Phi) is 27.6. The zero-order valence-corrected chi connectivity index (χ0v) is 73.8. The molecule has 0 amide bonds. The van der Waals surface area contributed by atoms with Gasteiger partial charge in [0, 0.05) is 11.1 Å². The highest BCUT2D eigenvalue weighted by Crippen LogP contribution is 2.56. The van der Waals surface area contributed by atoms with E-state index in [-0.39, 0.29) is 11.2 Å². The topological polar surface area (TPSA) is 51.2 Å². The van der Waals surface area contributed by atoms with Crippen LogP contribution in [0.1, 0.15) is 177 Å². The van der Waals surface area contributed by atoms with E-state index in [0.717, 1.165) is 44.5 Å². The number of fused-ring (bicyclic) bond motifs is 6. The molecule has 0 heterocycles. The van der Waals surface area contributed by atoms with E-state index in [9.17, 15) is 13.2 Å². The zero-order valence-electron chi connectivity index (χ0n) is 73.0. The molecule has 0 fully saturated rings. The van der Waals surface area contributed by atoms with Crippen LogP contribution in [-0.2, 0) is 15.3 Å². The summed E-state index contributed by atoms with van der Waals surface area (Å²) in [5, 5.41) is 8.14. The summed E-state index contributed by atoms with van der Waals surface area (Å²) in [6, 6.07) is 92.2. The number of aryl methyl sites for hydroxylation is 25. The smallest absolute Gasteiger partial charge is 0.206 e.